The van der Waals surface area contributed by atoms with Gasteiger partial charge < -0.3 is 10.1 Å². The maximum atomic E-state index is 12.3. The largest absolute Gasteiger partial charge is 0.372 e. The number of rotatable bonds is 5. The summed E-state index contributed by atoms with van der Waals surface area (Å²) in [7, 11) is 0. The van der Waals surface area contributed by atoms with Crippen LogP contribution in [0.1, 0.15) is 28.8 Å². The normalized spacial score (nSPS) is 19.9. The SMILES string of the molecule is Cc1ccc(C(=O)N[C@@H]([NH2+]C[C@@H]2CCCO2)C(Cl)(Cl)Cl)cc1. The minimum Gasteiger partial charge on any atom is -0.372 e. The first kappa shape index (κ1) is 17.8. The van der Waals surface area contributed by atoms with Crippen molar-refractivity contribution in [3.8, 4) is 0 Å². The second-order valence-electron chi connectivity index (χ2n) is 5.47. The van der Waals surface area contributed by atoms with Gasteiger partial charge in [0.2, 0.25) is 6.17 Å². The Bertz CT molecular complexity index is 497. The highest BCUT2D eigenvalue weighted by Crippen LogP contribution is 2.27. The maximum absolute atomic E-state index is 12.3. The van der Waals surface area contributed by atoms with Gasteiger partial charge in [0.15, 0.2) is 0 Å². The number of amides is 1. The molecule has 0 aliphatic carbocycles. The van der Waals surface area contributed by atoms with Crippen molar-refractivity contribution in [1.82, 2.24) is 5.32 Å². The van der Waals surface area contributed by atoms with E-state index in [0.717, 1.165) is 25.0 Å². The highest BCUT2D eigenvalue weighted by atomic mass is 35.6. The summed E-state index contributed by atoms with van der Waals surface area (Å²) in [6, 6.07) is 7.24. The van der Waals surface area contributed by atoms with E-state index in [-0.39, 0.29) is 12.0 Å². The molecule has 4 nitrogen and oxygen atoms in total. The van der Waals surface area contributed by atoms with Crippen LogP contribution in [-0.2, 0) is 4.74 Å². The summed E-state index contributed by atoms with van der Waals surface area (Å²) in [5.74, 6) is -0.264. The highest BCUT2D eigenvalue weighted by molar-refractivity contribution is 6.68. The van der Waals surface area contributed by atoms with Gasteiger partial charge in [0.05, 0.1) is 0 Å². The van der Waals surface area contributed by atoms with Crippen molar-refractivity contribution in [3.05, 3.63) is 35.4 Å². The number of hydrogen-bond acceptors (Lipinski definition) is 2. The molecule has 1 aromatic carbocycles. The molecular formula is C15H20Cl3N2O2+. The smallest absolute Gasteiger partial charge is 0.262 e. The van der Waals surface area contributed by atoms with Gasteiger partial charge in [0.25, 0.3) is 9.70 Å². The lowest BCUT2D eigenvalue weighted by molar-refractivity contribution is -0.697. The predicted octanol–water partition coefficient (Wildman–Crippen LogP) is 2.16. The van der Waals surface area contributed by atoms with E-state index in [9.17, 15) is 4.79 Å². The monoisotopic (exact) mass is 365 g/mol. The van der Waals surface area contributed by atoms with Crippen LogP contribution in [0.15, 0.2) is 24.3 Å². The van der Waals surface area contributed by atoms with Crippen LogP contribution in [0.3, 0.4) is 0 Å². The van der Waals surface area contributed by atoms with Gasteiger partial charge in [-0.15, -0.1) is 0 Å². The standard InChI is InChI=1S/C15H19Cl3N2O2/c1-10-4-6-11(7-5-10)13(21)20-14(15(16,17)18)19-9-12-3-2-8-22-12/h4-7,12,14,19H,2-3,8-9H2,1H3,(H,20,21)/p+1/t12-,14+/m0/s1. The lowest BCUT2D eigenvalue weighted by atomic mass is 10.1. The summed E-state index contributed by atoms with van der Waals surface area (Å²) in [5, 5.41) is 4.59. The number of ether oxygens (including phenoxy) is 1. The number of quaternary nitrogens is 1. The van der Waals surface area contributed by atoms with Crippen LogP contribution in [0.25, 0.3) is 0 Å². The fourth-order valence-corrected chi connectivity index (χ4v) is 2.75. The zero-order valence-electron chi connectivity index (χ0n) is 12.3. The molecule has 1 fully saturated rings. The Balaban J connectivity index is 1.96. The minimum absolute atomic E-state index is 0.145. The maximum Gasteiger partial charge on any atom is 0.262 e. The van der Waals surface area contributed by atoms with Crippen LogP contribution in [0.4, 0.5) is 0 Å². The lowest BCUT2D eigenvalue weighted by Gasteiger charge is -2.24. The molecule has 1 saturated heterocycles. The second kappa shape index (κ2) is 7.84. The van der Waals surface area contributed by atoms with E-state index in [2.05, 4.69) is 5.32 Å². The molecule has 2 atom stereocenters. The molecule has 1 aliphatic heterocycles. The Labute approximate surface area is 145 Å². The quantitative estimate of drug-likeness (QED) is 0.620. The fourth-order valence-electron chi connectivity index (χ4n) is 2.32. The molecule has 0 saturated carbocycles. The van der Waals surface area contributed by atoms with Crippen LogP contribution in [-0.4, -0.2) is 35.1 Å². The van der Waals surface area contributed by atoms with Crippen LogP contribution >= 0.6 is 34.8 Å². The molecule has 1 aliphatic rings. The number of hydrogen-bond donors (Lipinski definition) is 2. The summed E-state index contributed by atoms with van der Waals surface area (Å²) >= 11 is 18.0. The summed E-state index contributed by atoms with van der Waals surface area (Å²) in [5.41, 5.74) is 1.62. The molecule has 2 rings (SSSR count). The van der Waals surface area contributed by atoms with E-state index in [1.165, 1.54) is 0 Å². The third-order valence-corrected chi connectivity index (χ3v) is 4.32. The number of halogens is 3. The van der Waals surface area contributed by atoms with E-state index in [4.69, 9.17) is 39.5 Å². The number of nitrogens with two attached hydrogens (primary N) is 1. The number of carbonyl (C=O) groups is 1. The third kappa shape index (κ3) is 5.28. The van der Waals surface area contributed by atoms with E-state index in [1.54, 1.807) is 12.1 Å². The Kier molecular flexibility index (Phi) is 6.36. The first-order valence-electron chi connectivity index (χ1n) is 7.25. The molecular weight excluding hydrogens is 347 g/mol. The zero-order valence-corrected chi connectivity index (χ0v) is 14.6. The fraction of sp³-hybridized carbons (Fsp3) is 0.533. The Hall–Kier alpha value is -0.520. The molecule has 1 heterocycles. The number of nitrogens with one attached hydrogen (secondary N) is 1. The minimum atomic E-state index is -1.60. The van der Waals surface area contributed by atoms with E-state index in [1.807, 2.05) is 24.4 Å². The van der Waals surface area contributed by atoms with Gasteiger partial charge in [-0.3, -0.25) is 10.1 Å². The van der Waals surface area contributed by atoms with Gasteiger partial charge in [-0.05, 0) is 31.9 Å². The summed E-state index contributed by atoms with van der Waals surface area (Å²) in [6.45, 7) is 3.38. The number of alkyl halides is 3. The summed E-state index contributed by atoms with van der Waals surface area (Å²) < 4.78 is 3.95. The predicted molar refractivity (Wildman–Crippen MR) is 88.5 cm³/mol. The molecule has 22 heavy (non-hydrogen) atoms. The van der Waals surface area contributed by atoms with Gasteiger partial charge >= 0.3 is 0 Å². The van der Waals surface area contributed by atoms with Crippen LogP contribution in [0.2, 0.25) is 0 Å². The van der Waals surface area contributed by atoms with Crippen molar-refractivity contribution in [2.24, 2.45) is 0 Å². The average Bonchev–Trinajstić information content (AvgIpc) is 2.96. The molecule has 0 radical (unpaired) electrons. The van der Waals surface area contributed by atoms with Gasteiger partial charge in [0.1, 0.15) is 12.6 Å². The molecule has 1 amide bonds. The summed E-state index contributed by atoms with van der Waals surface area (Å²) in [4.78, 5) is 12.3. The van der Waals surface area contributed by atoms with Crippen LogP contribution in [0, 0.1) is 6.92 Å². The first-order chi connectivity index (χ1) is 10.4. The first-order valence-corrected chi connectivity index (χ1v) is 8.39. The molecule has 0 bridgehead atoms. The van der Waals surface area contributed by atoms with E-state index < -0.39 is 9.96 Å². The molecule has 1 aromatic rings. The van der Waals surface area contributed by atoms with Crippen molar-refractivity contribution in [2.75, 3.05) is 13.2 Å². The Morgan fingerprint density at radius 3 is 2.64 bits per heavy atom. The van der Waals surface area contributed by atoms with Crippen molar-refractivity contribution < 1.29 is 14.8 Å². The highest BCUT2D eigenvalue weighted by Gasteiger charge is 2.38. The molecule has 122 valence electrons. The zero-order chi connectivity index (χ0) is 16.2. The molecule has 0 unspecified atom stereocenters. The van der Waals surface area contributed by atoms with Crippen LogP contribution < -0.4 is 10.6 Å². The lowest BCUT2D eigenvalue weighted by Crippen LogP contribution is -2.97. The number of benzene rings is 1. The molecule has 0 aromatic heterocycles. The number of aryl methyl sites for hydroxylation is 1. The van der Waals surface area contributed by atoms with Crippen molar-refractivity contribution in [2.45, 2.75) is 35.8 Å². The molecule has 3 N–H and O–H groups in total. The van der Waals surface area contributed by atoms with Crippen molar-refractivity contribution in [1.29, 1.82) is 0 Å². The van der Waals surface area contributed by atoms with E-state index in [0.29, 0.717) is 12.1 Å². The topological polar surface area (TPSA) is 54.9 Å². The van der Waals surface area contributed by atoms with E-state index >= 15 is 0 Å². The average molecular weight is 367 g/mol. The Morgan fingerprint density at radius 1 is 1.41 bits per heavy atom. The molecule has 0 spiro atoms. The number of carbonyl (C=O) groups excluding carboxylic acids is 1. The Morgan fingerprint density at radius 2 is 2.09 bits per heavy atom. The van der Waals surface area contributed by atoms with Crippen molar-refractivity contribution in [3.63, 3.8) is 0 Å². The molecule has 7 heteroatoms. The van der Waals surface area contributed by atoms with Gasteiger partial charge in [-0.2, -0.15) is 0 Å². The second-order valence-corrected chi connectivity index (χ2v) is 7.83. The van der Waals surface area contributed by atoms with Crippen molar-refractivity contribution >= 4 is 40.7 Å². The van der Waals surface area contributed by atoms with Gasteiger partial charge in [0, 0.05) is 12.2 Å². The van der Waals surface area contributed by atoms with Gasteiger partial charge in [-0.1, -0.05) is 52.5 Å². The van der Waals surface area contributed by atoms with Crippen LogP contribution in [0.5, 0.6) is 0 Å². The third-order valence-electron chi connectivity index (χ3n) is 3.61. The van der Waals surface area contributed by atoms with Gasteiger partial charge in [-0.25, -0.2) is 0 Å². The summed E-state index contributed by atoms with van der Waals surface area (Å²) in [6.07, 6.45) is 1.52.